The third kappa shape index (κ3) is 7.69. The van der Waals surface area contributed by atoms with Gasteiger partial charge in [0.25, 0.3) is 10.0 Å². The molecule has 1 atom stereocenters. The molecule has 0 aliphatic heterocycles. The highest BCUT2D eigenvalue weighted by atomic mass is 35.5. The summed E-state index contributed by atoms with van der Waals surface area (Å²) in [5, 5.41) is 3.94. The smallest absolute Gasteiger partial charge is 0.264 e. The van der Waals surface area contributed by atoms with Gasteiger partial charge in [0, 0.05) is 28.2 Å². The van der Waals surface area contributed by atoms with Crippen LogP contribution in [0, 0.1) is 13.8 Å². The maximum absolute atomic E-state index is 14.0. The minimum atomic E-state index is -4.19. The van der Waals surface area contributed by atoms with Gasteiger partial charge >= 0.3 is 0 Å². The van der Waals surface area contributed by atoms with Crippen LogP contribution in [-0.2, 0) is 26.2 Å². The maximum Gasteiger partial charge on any atom is 0.264 e. The van der Waals surface area contributed by atoms with Gasteiger partial charge in [-0.1, -0.05) is 53.9 Å². The van der Waals surface area contributed by atoms with Gasteiger partial charge < -0.3 is 10.2 Å². The number of nitrogens with one attached hydrogen (secondary N) is 1. The van der Waals surface area contributed by atoms with E-state index in [0.29, 0.717) is 32.9 Å². The van der Waals surface area contributed by atoms with Crippen molar-refractivity contribution < 1.29 is 18.0 Å². The number of carbonyl (C=O) groups is 2. The lowest BCUT2D eigenvalue weighted by Crippen LogP contribution is -2.51. The van der Waals surface area contributed by atoms with Crippen molar-refractivity contribution in [2.75, 3.05) is 17.4 Å². The molecule has 1 N–H and O–H groups in total. The Kier molecular flexibility index (Phi) is 10.9. The van der Waals surface area contributed by atoms with E-state index in [1.165, 1.54) is 29.2 Å². The number of carbonyl (C=O) groups excluding carboxylic acids is 2. The average molecular weight is 625 g/mol. The Morgan fingerprint density at radius 3 is 2.15 bits per heavy atom. The summed E-state index contributed by atoms with van der Waals surface area (Å²) in [5.74, 6) is -0.945. The summed E-state index contributed by atoms with van der Waals surface area (Å²) in [6, 6.07) is 14.9. The van der Waals surface area contributed by atoms with Crippen LogP contribution >= 0.6 is 34.8 Å². The Bertz CT molecular complexity index is 1480. The van der Waals surface area contributed by atoms with Crippen molar-refractivity contribution in [3.05, 3.63) is 92.4 Å². The minimum absolute atomic E-state index is 0.0241. The normalized spacial score (nSPS) is 12.1. The van der Waals surface area contributed by atoms with Crippen molar-refractivity contribution in [3.8, 4) is 0 Å². The second-order valence-electron chi connectivity index (χ2n) is 9.46. The summed E-state index contributed by atoms with van der Waals surface area (Å²) in [6.45, 7) is 7.15. The van der Waals surface area contributed by atoms with Gasteiger partial charge in [-0.25, -0.2) is 8.42 Å². The van der Waals surface area contributed by atoms with Gasteiger partial charge in [0.15, 0.2) is 0 Å². The number of sulfonamides is 1. The van der Waals surface area contributed by atoms with E-state index in [2.05, 4.69) is 5.32 Å². The molecule has 0 aliphatic carbocycles. The van der Waals surface area contributed by atoms with Crippen LogP contribution in [0.15, 0.2) is 65.6 Å². The van der Waals surface area contributed by atoms with E-state index in [9.17, 15) is 18.0 Å². The molecule has 0 radical (unpaired) electrons. The third-order valence-corrected chi connectivity index (χ3v) is 9.16. The molecule has 3 rings (SSSR count). The van der Waals surface area contributed by atoms with Crippen LogP contribution in [0.4, 0.5) is 5.69 Å². The summed E-state index contributed by atoms with van der Waals surface area (Å²) in [7, 11) is -4.19. The van der Waals surface area contributed by atoms with Crippen molar-refractivity contribution in [2.45, 2.75) is 51.6 Å². The molecular weight excluding hydrogens is 593 g/mol. The maximum atomic E-state index is 14.0. The largest absolute Gasteiger partial charge is 0.354 e. The van der Waals surface area contributed by atoms with E-state index in [0.717, 1.165) is 21.9 Å². The molecule has 0 aromatic heterocycles. The highest BCUT2D eigenvalue weighted by Crippen LogP contribution is 2.28. The fourth-order valence-electron chi connectivity index (χ4n) is 3.96. The first-order chi connectivity index (χ1) is 18.8. The van der Waals surface area contributed by atoms with Crippen molar-refractivity contribution in [3.63, 3.8) is 0 Å². The zero-order valence-electron chi connectivity index (χ0n) is 22.7. The van der Waals surface area contributed by atoms with Crippen LogP contribution in [0.5, 0.6) is 0 Å². The van der Waals surface area contributed by atoms with Gasteiger partial charge in [-0.05, 0) is 92.4 Å². The van der Waals surface area contributed by atoms with Gasteiger partial charge in [-0.2, -0.15) is 0 Å². The quantitative estimate of drug-likeness (QED) is 0.267. The van der Waals surface area contributed by atoms with E-state index in [4.69, 9.17) is 34.8 Å². The number of nitrogens with zero attached hydrogens (tertiary/aromatic N) is 2. The summed E-state index contributed by atoms with van der Waals surface area (Å²) in [4.78, 5) is 28.2. The molecule has 0 saturated heterocycles. The SMILES string of the molecule is CCCNC(=O)[C@H](C)N(Cc1ccc(Cl)cc1Cl)C(=O)CN(c1ccc(C)c(C)c1)S(=O)(=O)c1ccc(Cl)cc1. The zero-order valence-corrected chi connectivity index (χ0v) is 25.8. The second-order valence-corrected chi connectivity index (χ2v) is 12.6. The van der Waals surface area contributed by atoms with Crippen molar-refractivity contribution >= 4 is 62.3 Å². The molecule has 7 nitrogen and oxygen atoms in total. The molecule has 0 unspecified atom stereocenters. The Morgan fingerprint density at radius 2 is 1.55 bits per heavy atom. The Balaban J connectivity index is 2.06. The van der Waals surface area contributed by atoms with Gasteiger partial charge in [0.05, 0.1) is 10.6 Å². The highest BCUT2D eigenvalue weighted by molar-refractivity contribution is 7.92. The van der Waals surface area contributed by atoms with E-state index in [-0.39, 0.29) is 17.3 Å². The van der Waals surface area contributed by atoms with Gasteiger partial charge in [-0.3, -0.25) is 13.9 Å². The summed E-state index contributed by atoms with van der Waals surface area (Å²) in [5.41, 5.74) is 2.71. The van der Waals surface area contributed by atoms with Gasteiger partial charge in [-0.15, -0.1) is 0 Å². The fraction of sp³-hybridized carbons (Fsp3) is 0.310. The number of aryl methyl sites for hydroxylation is 2. The van der Waals surface area contributed by atoms with Crippen LogP contribution in [-0.4, -0.2) is 44.3 Å². The number of halogens is 3. The first-order valence-electron chi connectivity index (χ1n) is 12.7. The van der Waals surface area contributed by atoms with Crippen molar-refractivity contribution in [2.24, 2.45) is 0 Å². The predicted octanol–water partition coefficient (Wildman–Crippen LogP) is 6.40. The molecule has 0 saturated carbocycles. The fourth-order valence-corrected chi connectivity index (χ4v) is 5.96. The molecule has 214 valence electrons. The lowest BCUT2D eigenvalue weighted by atomic mass is 10.1. The van der Waals surface area contributed by atoms with Crippen LogP contribution in [0.25, 0.3) is 0 Å². The van der Waals surface area contributed by atoms with Crippen LogP contribution < -0.4 is 9.62 Å². The van der Waals surface area contributed by atoms with E-state index in [1.807, 2.05) is 20.8 Å². The predicted molar refractivity (Wildman–Crippen MR) is 162 cm³/mol. The van der Waals surface area contributed by atoms with E-state index >= 15 is 0 Å². The topological polar surface area (TPSA) is 86.8 Å². The summed E-state index contributed by atoms with van der Waals surface area (Å²) < 4.78 is 28.8. The Hall–Kier alpha value is -2.78. The first kappa shape index (κ1) is 31.7. The van der Waals surface area contributed by atoms with Gasteiger partial charge in [0.1, 0.15) is 12.6 Å². The molecule has 3 aromatic rings. The van der Waals surface area contributed by atoms with Crippen molar-refractivity contribution in [1.82, 2.24) is 10.2 Å². The average Bonchev–Trinajstić information content (AvgIpc) is 2.91. The number of anilines is 1. The van der Waals surface area contributed by atoms with Gasteiger partial charge in [0.2, 0.25) is 11.8 Å². The molecule has 3 aromatic carbocycles. The Labute approximate surface area is 251 Å². The molecule has 2 amide bonds. The number of rotatable bonds is 11. The number of amides is 2. The van der Waals surface area contributed by atoms with Crippen molar-refractivity contribution in [1.29, 1.82) is 0 Å². The zero-order chi connectivity index (χ0) is 29.6. The molecule has 40 heavy (non-hydrogen) atoms. The molecule has 0 aliphatic rings. The molecule has 0 heterocycles. The lowest BCUT2D eigenvalue weighted by Gasteiger charge is -2.32. The minimum Gasteiger partial charge on any atom is -0.354 e. The molecular formula is C29H32Cl3N3O4S. The number of hydrogen-bond acceptors (Lipinski definition) is 4. The van der Waals surface area contributed by atoms with Crippen LogP contribution in [0.2, 0.25) is 15.1 Å². The molecule has 0 bridgehead atoms. The van der Waals surface area contributed by atoms with Crippen LogP contribution in [0.3, 0.4) is 0 Å². The molecule has 11 heteroatoms. The number of hydrogen-bond donors (Lipinski definition) is 1. The third-order valence-electron chi connectivity index (χ3n) is 6.53. The standard InChI is InChI=1S/C29H32Cl3N3O4S/c1-5-14-33-29(37)21(4)34(17-22-7-8-24(31)16-27(22)32)28(36)18-35(25-11-6-19(2)20(3)15-25)40(38,39)26-12-9-23(30)10-13-26/h6-13,15-16,21H,5,14,17-18H2,1-4H3,(H,33,37)/t21-/m0/s1. The second kappa shape index (κ2) is 13.7. The first-order valence-corrected chi connectivity index (χ1v) is 15.3. The molecule has 0 spiro atoms. The monoisotopic (exact) mass is 623 g/mol. The number of benzene rings is 3. The van der Waals surface area contributed by atoms with E-state index in [1.54, 1.807) is 43.3 Å². The Morgan fingerprint density at radius 1 is 0.900 bits per heavy atom. The lowest BCUT2D eigenvalue weighted by molar-refractivity contribution is -0.139. The molecule has 0 fully saturated rings. The van der Waals surface area contributed by atoms with Crippen LogP contribution in [0.1, 0.15) is 37.0 Å². The van der Waals surface area contributed by atoms with E-state index < -0.39 is 28.5 Å². The summed E-state index contributed by atoms with van der Waals surface area (Å²) >= 11 is 18.5. The summed E-state index contributed by atoms with van der Waals surface area (Å²) in [6.07, 6.45) is 0.718. The highest BCUT2D eigenvalue weighted by Gasteiger charge is 2.33.